The number of esters is 1. The minimum Gasteiger partial charge on any atom is -0.451 e. The Labute approximate surface area is 180 Å². The van der Waals surface area contributed by atoms with Crippen molar-refractivity contribution in [2.45, 2.75) is 25.8 Å². The lowest BCUT2D eigenvalue weighted by atomic mass is 10.1. The normalized spacial score (nSPS) is 13.6. The molecule has 1 N–H and O–H groups in total. The van der Waals surface area contributed by atoms with E-state index < -0.39 is 18.5 Å². The summed E-state index contributed by atoms with van der Waals surface area (Å²) in [6, 6.07) is 17.4. The third-order valence-electron chi connectivity index (χ3n) is 5.14. The molecule has 0 aliphatic carbocycles. The summed E-state index contributed by atoms with van der Waals surface area (Å²) in [5.41, 5.74) is 2.92. The van der Waals surface area contributed by atoms with E-state index in [1.165, 1.54) is 25.5 Å². The highest BCUT2D eigenvalue weighted by molar-refractivity contribution is 5.94. The monoisotopic (exact) mass is 419 g/mol. The Hall–Kier alpha value is -3.68. The van der Waals surface area contributed by atoms with Crippen molar-refractivity contribution >= 4 is 23.3 Å². The van der Waals surface area contributed by atoms with Crippen molar-refractivity contribution in [1.29, 1.82) is 0 Å². The van der Waals surface area contributed by atoms with Gasteiger partial charge in [0, 0.05) is 24.5 Å². The van der Waals surface area contributed by atoms with E-state index in [0.717, 1.165) is 24.3 Å². The van der Waals surface area contributed by atoms with Crippen molar-refractivity contribution in [3.63, 3.8) is 0 Å². The molecule has 4 rings (SSSR count). The van der Waals surface area contributed by atoms with Gasteiger partial charge in [-0.05, 0) is 49.1 Å². The first kappa shape index (κ1) is 20.6. The molecule has 0 spiro atoms. The van der Waals surface area contributed by atoms with Crippen LogP contribution in [0.1, 0.15) is 35.3 Å². The predicted molar refractivity (Wildman–Crippen MR) is 117 cm³/mol. The number of nitrogens with one attached hydrogen (secondary N) is 1. The Kier molecular flexibility index (Phi) is 6.56. The first-order valence-corrected chi connectivity index (χ1v) is 10.4. The average Bonchev–Trinajstić information content (AvgIpc) is 3.28. The number of anilines is 2. The second-order valence-electron chi connectivity index (χ2n) is 7.51. The lowest BCUT2D eigenvalue weighted by Gasteiger charge is -2.28. The Morgan fingerprint density at radius 3 is 2.45 bits per heavy atom. The minimum atomic E-state index is -0.685. The number of piperidine rings is 1. The summed E-state index contributed by atoms with van der Waals surface area (Å²) >= 11 is 0. The third kappa shape index (κ3) is 5.69. The van der Waals surface area contributed by atoms with Crippen molar-refractivity contribution in [3.05, 3.63) is 72.1 Å². The summed E-state index contributed by atoms with van der Waals surface area (Å²) in [4.78, 5) is 26.7. The maximum absolute atomic E-state index is 12.2. The number of benzene rings is 2. The summed E-state index contributed by atoms with van der Waals surface area (Å²) < 4.78 is 6.62. The smallest absolute Gasteiger partial charge is 0.361 e. The molecule has 1 fully saturated rings. The van der Waals surface area contributed by atoms with E-state index >= 15 is 0 Å². The standard InChI is InChI=1S/C23H25N5O3/c29-22(24-19-9-11-20(12-10-19)27-13-5-2-6-14-27)17-31-23(30)21-16-28(26-25-21)15-18-7-3-1-4-8-18/h1,3-4,7-12,16H,2,5-6,13-15,17H2,(H,24,29). The van der Waals surface area contributed by atoms with E-state index in [2.05, 4.69) is 20.5 Å². The van der Waals surface area contributed by atoms with E-state index in [4.69, 9.17) is 4.74 Å². The van der Waals surface area contributed by atoms with E-state index in [9.17, 15) is 9.59 Å². The van der Waals surface area contributed by atoms with Gasteiger partial charge in [-0.3, -0.25) is 4.79 Å². The number of carbonyl (C=O) groups is 2. The molecule has 0 unspecified atom stereocenters. The molecule has 2 heterocycles. The van der Waals surface area contributed by atoms with Crippen LogP contribution in [0.3, 0.4) is 0 Å². The highest BCUT2D eigenvalue weighted by atomic mass is 16.5. The minimum absolute atomic E-state index is 0.0645. The molecule has 0 atom stereocenters. The van der Waals surface area contributed by atoms with Crippen LogP contribution in [0.25, 0.3) is 0 Å². The quantitative estimate of drug-likeness (QED) is 0.592. The fraction of sp³-hybridized carbons (Fsp3) is 0.304. The highest BCUT2D eigenvalue weighted by Gasteiger charge is 2.15. The molecule has 0 radical (unpaired) electrons. The van der Waals surface area contributed by atoms with Crippen LogP contribution in [-0.2, 0) is 16.1 Å². The molecule has 1 aliphatic heterocycles. The van der Waals surface area contributed by atoms with Crippen LogP contribution in [0, 0.1) is 0 Å². The molecule has 1 saturated heterocycles. The van der Waals surface area contributed by atoms with Crippen LogP contribution >= 0.6 is 0 Å². The van der Waals surface area contributed by atoms with Gasteiger partial charge in [0.25, 0.3) is 5.91 Å². The van der Waals surface area contributed by atoms with Gasteiger partial charge >= 0.3 is 5.97 Å². The van der Waals surface area contributed by atoms with Gasteiger partial charge in [0.1, 0.15) is 0 Å². The van der Waals surface area contributed by atoms with Crippen LogP contribution in [-0.4, -0.2) is 46.6 Å². The zero-order valence-electron chi connectivity index (χ0n) is 17.2. The Balaban J connectivity index is 1.24. The van der Waals surface area contributed by atoms with Crippen LogP contribution in [0.5, 0.6) is 0 Å². The molecule has 1 aromatic heterocycles. The SMILES string of the molecule is O=C(COC(=O)c1cn(Cc2ccccc2)nn1)Nc1ccc(N2CCCCC2)cc1. The van der Waals surface area contributed by atoms with Gasteiger partial charge in [0.05, 0.1) is 12.7 Å². The molecule has 3 aromatic rings. The summed E-state index contributed by atoms with van der Waals surface area (Å²) in [7, 11) is 0. The third-order valence-corrected chi connectivity index (χ3v) is 5.14. The number of carbonyl (C=O) groups excluding carboxylic acids is 2. The molecule has 8 heteroatoms. The molecule has 8 nitrogen and oxygen atoms in total. The fourth-order valence-electron chi connectivity index (χ4n) is 3.55. The molecule has 2 aromatic carbocycles. The number of ether oxygens (including phenoxy) is 1. The van der Waals surface area contributed by atoms with Crippen LogP contribution in [0.2, 0.25) is 0 Å². The van der Waals surface area contributed by atoms with Crippen molar-refractivity contribution in [2.75, 3.05) is 29.9 Å². The van der Waals surface area contributed by atoms with Crippen LogP contribution in [0.15, 0.2) is 60.8 Å². The van der Waals surface area contributed by atoms with E-state index in [1.54, 1.807) is 4.68 Å². The van der Waals surface area contributed by atoms with Crippen molar-refractivity contribution in [2.24, 2.45) is 0 Å². The van der Waals surface area contributed by atoms with Gasteiger partial charge in [-0.25, -0.2) is 9.48 Å². The Bertz CT molecular complexity index is 1010. The first-order valence-electron chi connectivity index (χ1n) is 10.4. The summed E-state index contributed by atoms with van der Waals surface area (Å²) in [5, 5.41) is 10.5. The molecule has 160 valence electrons. The number of nitrogens with zero attached hydrogens (tertiary/aromatic N) is 4. The van der Waals surface area contributed by atoms with Gasteiger partial charge in [-0.2, -0.15) is 0 Å². The van der Waals surface area contributed by atoms with Crippen molar-refractivity contribution in [1.82, 2.24) is 15.0 Å². The van der Waals surface area contributed by atoms with E-state index in [0.29, 0.717) is 12.2 Å². The summed E-state index contributed by atoms with van der Waals surface area (Å²) in [6.07, 6.45) is 5.22. The second kappa shape index (κ2) is 9.88. The summed E-state index contributed by atoms with van der Waals surface area (Å²) in [5.74, 6) is -1.09. The molecule has 31 heavy (non-hydrogen) atoms. The lowest BCUT2D eigenvalue weighted by molar-refractivity contribution is -0.119. The van der Waals surface area contributed by atoms with Crippen LogP contribution < -0.4 is 10.2 Å². The molecular weight excluding hydrogens is 394 g/mol. The van der Waals surface area contributed by atoms with Gasteiger partial charge in [0.15, 0.2) is 12.3 Å². The van der Waals surface area contributed by atoms with Gasteiger partial charge < -0.3 is 15.0 Å². The topological polar surface area (TPSA) is 89.4 Å². The number of hydrogen-bond acceptors (Lipinski definition) is 6. The maximum Gasteiger partial charge on any atom is 0.361 e. The van der Waals surface area contributed by atoms with Crippen molar-refractivity contribution in [3.8, 4) is 0 Å². The zero-order valence-corrected chi connectivity index (χ0v) is 17.2. The second-order valence-corrected chi connectivity index (χ2v) is 7.51. The molecule has 1 aliphatic rings. The number of aromatic nitrogens is 3. The molecule has 0 saturated carbocycles. The molecule has 0 bridgehead atoms. The number of amides is 1. The van der Waals surface area contributed by atoms with Gasteiger partial charge in [0.2, 0.25) is 0 Å². The van der Waals surface area contributed by atoms with E-state index in [1.807, 2.05) is 54.6 Å². The fourth-order valence-corrected chi connectivity index (χ4v) is 3.55. The first-order chi connectivity index (χ1) is 15.2. The average molecular weight is 419 g/mol. The van der Waals surface area contributed by atoms with Gasteiger partial charge in [-0.15, -0.1) is 5.10 Å². The zero-order chi connectivity index (χ0) is 21.5. The van der Waals surface area contributed by atoms with Crippen molar-refractivity contribution < 1.29 is 14.3 Å². The number of hydrogen-bond donors (Lipinski definition) is 1. The maximum atomic E-state index is 12.2. The Morgan fingerprint density at radius 1 is 0.968 bits per heavy atom. The predicted octanol–water partition coefficient (Wildman–Crippen LogP) is 3.11. The molecule has 1 amide bonds. The number of rotatable bonds is 7. The summed E-state index contributed by atoms with van der Waals surface area (Å²) in [6.45, 7) is 2.24. The Morgan fingerprint density at radius 2 is 1.71 bits per heavy atom. The molecular formula is C23H25N5O3. The highest BCUT2D eigenvalue weighted by Crippen LogP contribution is 2.21. The van der Waals surface area contributed by atoms with Crippen LogP contribution in [0.4, 0.5) is 11.4 Å². The largest absolute Gasteiger partial charge is 0.451 e. The lowest BCUT2D eigenvalue weighted by Crippen LogP contribution is -2.29. The van der Waals surface area contributed by atoms with E-state index in [-0.39, 0.29) is 5.69 Å². The van der Waals surface area contributed by atoms with Gasteiger partial charge in [-0.1, -0.05) is 35.5 Å².